The fourth-order valence-electron chi connectivity index (χ4n) is 3.71. The molecule has 1 aliphatic heterocycles. The molecule has 1 fully saturated rings. The topological polar surface area (TPSA) is 66.3 Å². The average Bonchev–Trinajstić information content (AvgIpc) is 3.13. The van der Waals surface area contributed by atoms with Gasteiger partial charge in [0.2, 0.25) is 5.82 Å². The Morgan fingerprint density at radius 3 is 2.52 bits per heavy atom. The fourth-order valence-corrected chi connectivity index (χ4v) is 3.71. The van der Waals surface area contributed by atoms with E-state index in [0.29, 0.717) is 32.7 Å². The molecule has 31 heavy (non-hydrogen) atoms. The Labute approximate surface area is 177 Å². The molecule has 1 aromatic carbocycles. The molecule has 1 aliphatic rings. The number of aryl methyl sites for hydroxylation is 1. The summed E-state index contributed by atoms with van der Waals surface area (Å²) < 4.78 is 41.4. The normalized spacial score (nSPS) is 15.4. The Balaban J connectivity index is 1.36. The van der Waals surface area contributed by atoms with E-state index in [1.54, 1.807) is 11.0 Å². The van der Waals surface area contributed by atoms with Gasteiger partial charge < -0.3 is 14.8 Å². The lowest BCUT2D eigenvalue weighted by Gasteiger charge is -2.34. The molecule has 0 bridgehead atoms. The number of alkyl halides is 3. The lowest BCUT2D eigenvalue weighted by atomic mass is 10.2. The predicted octanol–water partition coefficient (Wildman–Crippen LogP) is 3.61. The number of nitrogens with zero attached hydrogens (tertiary/aromatic N) is 5. The van der Waals surface area contributed by atoms with Gasteiger partial charge in [-0.05, 0) is 30.7 Å². The van der Waals surface area contributed by atoms with E-state index in [2.05, 4.69) is 15.3 Å². The van der Waals surface area contributed by atoms with E-state index in [4.69, 9.17) is 0 Å². The molecule has 0 spiro atoms. The number of piperazine rings is 1. The predicted molar refractivity (Wildman–Crippen MR) is 111 cm³/mol. The highest BCUT2D eigenvalue weighted by Gasteiger charge is 2.38. The first kappa shape index (κ1) is 21.1. The van der Waals surface area contributed by atoms with E-state index in [1.165, 1.54) is 12.3 Å². The van der Waals surface area contributed by atoms with Crippen molar-refractivity contribution >= 4 is 22.9 Å². The van der Waals surface area contributed by atoms with Crippen LogP contribution < -0.4 is 5.32 Å². The highest BCUT2D eigenvalue weighted by Crippen LogP contribution is 2.30. The zero-order chi connectivity index (χ0) is 22.0. The Hall–Kier alpha value is -3.14. The van der Waals surface area contributed by atoms with Crippen LogP contribution in [0.2, 0.25) is 0 Å². The molecule has 0 saturated carbocycles. The average molecular weight is 432 g/mol. The van der Waals surface area contributed by atoms with Crippen LogP contribution in [0.3, 0.4) is 0 Å². The highest BCUT2D eigenvalue weighted by molar-refractivity contribution is 5.90. The number of nitrogens with one attached hydrogen (secondary N) is 1. The summed E-state index contributed by atoms with van der Waals surface area (Å²) in [7, 11) is 0. The van der Waals surface area contributed by atoms with Gasteiger partial charge in [-0.1, -0.05) is 18.2 Å². The third kappa shape index (κ3) is 4.63. The molecule has 2 amide bonds. The number of imidazole rings is 1. The number of carbonyl (C=O) groups is 1. The molecule has 0 atom stereocenters. The van der Waals surface area contributed by atoms with E-state index in [9.17, 15) is 18.0 Å². The summed E-state index contributed by atoms with van der Waals surface area (Å²) in [5.41, 5.74) is 2.21. The van der Waals surface area contributed by atoms with E-state index < -0.39 is 12.0 Å². The van der Waals surface area contributed by atoms with Crippen LogP contribution in [0, 0.1) is 6.92 Å². The summed E-state index contributed by atoms with van der Waals surface area (Å²) in [6.45, 7) is 4.65. The maximum atomic E-state index is 13.4. The van der Waals surface area contributed by atoms with Crippen molar-refractivity contribution in [3.63, 3.8) is 0 Å². The van der Waals surface area contributed by atoms with Gasteiger partial charge in [0.25, 0.3) is 0 Å². The summed E-state index contributed by atoms with van der Waals surface area (Å²) >= 11 is 0. The van der Waals surface area contributed by atoms with Crippen LogP contribution in [-0.2, 0) is 12.7 Å². The number of pyridine rings is 1. The number of anilines is 1. The van der Waals surface area contributed by atoms with Gasteiger partial charge in [0.15, 0.2) is 5.65 Å². The first-order valence-corrected chi connectivity index (χ1v) is 10.1. The number of urea groups is 1. The number of halogens is 3. The van der Waals surface area contributed by atoms with Crippen molar-refractivity contribution in [2.45, 2.75) is 19.6 Å². The van der Waals surface area contributed by atoms with Crippen molar-refractivity contribution in [2.75, 3.05) is 38.0 Å². The third-order valence-corrected chi connectivity index (χ3v) is 5.44. The van der Waals surface area contributed by atoms with Gasteiger partial charge in [-0.15, -0.1) is 0 Å². The summed E-state index contributed by atoms with van der Waals surface area (Å²) in [6, 6.07) is 10.5. The van der Waals surface area contributed by atoms with Crippen molar-refractivity contribution in [1.29, 1.82) is 0 Å². The molecular formula is C21H23F3N6O. The number of carbonyl (C=O) groups excluding carboxylic acids is 1. The highest BCUT2D eigenvalue weighted by atomic mass is 19.4. The SMILES string of the molecule is Cc1ccccc1NC(=O)N1CCN(CCn2c(C(F)(F)F)nc3cccnc32)CC1. The summed E-state index contributed by atoms with van der Waals surface area (Å²) in [5.74, 6) is -0.933. The van der Waals surface area contributed by atoms with Crippen LogP contribution in [0.25, 0.3) is 11.2 Å². The number of hydrogen-bond donors (Lipinski definition) is 1. The minimum atomic E-state index is -4.55. The zero-order valence-corrected chi connectivity index (χ0v) is 17.1. The maximum Gasteiger partial charge on any atom is 0.449 e. The van der Waals surface area contributed by atoms with Gasteiger partial charge in [-0.2, -0.15) is 13.2 Å². The van der Waals surface area contributed by atoms with Crippen LogP contribution in [0.5, 0.6) is 0 Å². The summed E-state index contributed by atoms with van der Waals surface area (Å²) in [4.78, 5) is 24.1. The van der Waals surface area contributed by atoms with E-state index in [0.717, 1.165) is 15.8 Å². The molecule has 164 valence electrons. The third-order valence-electron chi connectivity index (χ3n) is 5.44. The number of rotatable bonds is 4. The summed E-state index contributed by atoms with van der Waals surface area (Å²) in [6.07, 6.45) is -3.08. The van der Waals surface area contributed by atoms with Gasteiger partial charge in [0, 0.05) is 51.2 Å². The monoisotopic (exact) mass is 432 g/mol. The molecule has 0 unspecified atom stereocenters. The van der Waals surface area contributed by atoms with Gasteiger partial charge in [0.1, 0.15) is 5.52 Å². The molecule has 4 rings (SSSR count). The van der Waals surface area contributed by atoms with Crippen molar-refractivity contribution in [3.05, 3.63) is 54.0 Å². The van der Waals surface area contributed by atoms with Crippen LogP contribution in [-0.4, -0.2) is 63.1 Å². The number of amides is 2. The van der Waals surface area contributed by atoms with E-state index in [-0.39, 0.29) is 23.7 Å². The standard InChI is InChI=1S/C21H23F3N6O/c1-15-5-2-3-6-16(15)27-20(31)29-12-9-28(10-13-29)11-14-30-18-17(7-4-8-25-18)26-19(30)21(22,23)24/h2-8H,9-14H2,1H3,(H,27,31). The summed E-state index contributed by atoms with van der Waals surface area (Å²) in [5, 5.41) is 2.92. The van der Waals surface area contributed by atoms with Crippen LogP contribution in [0.1, 0.15) is 11.4 Å². The molecule has 7 nitrogen and oxygen atoms in total. The second-order valence-corrected chi connectivity index (χ2v) is 7.50. The molecular weight excluding hydrogens is 409 g/mol. The number of aromatic nitrogens is 3. The van der Waals surface area contributed by atoms with Crippen molar-refractivity contribution in [3.8, 4) is 0 Å². The van der Waals surface area contributed by atoms with Crippen LogP contribution in [0.15, 0.2) is 42.6 Å². The molecule has 0 aliphatic carbocycles. The maximum absolute atomic E-state index is 13.4. The quantitative estimate of drug-likeness (QED) is 0.684. The second-order valence-electron chi connectivity index (χ2n) is 7.50. The molecule has 3 heterocycles. The molecule has 3 aromatic rings. The van der Waals surface area contributed by atoms with E-state index in [1.807, 2.05) is 36.1 Å². The number of para-hydroxylation sites is 1. The Kier molecular flexibility index (Phi) is 5.81. The lowest BCUT2D eigenvalue weighted by molar-refractivity contribution is -0.147. The van der Waals surface area contributed by atoms with Crippen molar-refractivity contribution in [2.24, 2.45) is 0 Å². The van der Waals surface area contributed by atoms with Gasteiger partial charge in [0.05, 0.1) is 0 Å². The van der Waals surface area contributed by atoms with Crippen LogP contribution in [0.4, 0.5) is 23.7 Å². The lowest BCUT2D eigenvalue weighted by Crippen LogP contribution is -2.50. The molecule has 0 radical (unpaired) electrons. The van der Waals surface area contributed by atoms with Crippen molar-refractivity contribution in [1.82, 2.24) is 24.3 Å². The van der Waals surface area contributed by atoms with Gasteiger partial charge >= 0.3 is 12.2 Å². The second kappa shape index (κ2) is 8.54. The van der Waals surface area contributed by atoms with Gasteiger partial charge in [-0.3, -0.25) is 4.90 Å². The number of fused-ring (bicyclic) bond motifs is 1. The molecule has 10 heteroatoms. The molecule has 1 saturated heterocycles. The van der Waals surface area contributed by atoms with Crippen LogP contribution >= 0.6 is 0 Å². The zero-order valence-electron chi connectivity index (χ0n) is 17.1. The minimum Gasteiger partial charge on any atom is -0.322 e. The van der Waals surface area contributed by atoms with Crippen molar-refractivity contribution < 1.29 is 18.0 Å². The smallest absolute Gasteiger partial charge is 0.322 e. The minimum absolute atomic E-state index is 0.123. The Morgan fingerprint density at radius 2 is 1.81 bits per heavy atom. The first-order chi connectivity index (χ1) is 14.8. The molecule has 2 aromatic heterocycles. The largest absolute Gasteiger partial charge is 0.449 e. The Morgan fingerprint density at radius 1 is 1.06 bits per heavy atom. The fraction of sp³-hybridized carbons (Fsp3) is 0.381. The number of benzene rings is 1. The van der Waals surface area contributed by atoms with E-state index >= 15 is 0 Å². The first-order valence-electron chi connectivity index (χ1n) is 10.1. The van der Waals surface area contributed by atoms with Gasteiger partial charge in [-0.25, -0.2) is 14.8 Å². The molecule has 1 N–H and O–H groups in total. The number of hydrogen-bond acceptors (Lipinski definition) is 4. The Bertz CT molecular complexity index is 1070.